The van der Waals surface area contributed by atoms with Gasteiger partial charge in [0.25, 0.3) is 0 Å². The van der Waals surface area contributed by atoms with Gasteiger partial charge in [-0.25, -0.2) is 9.78 Å². The average Bonchev–Trinajstić information content (AvgIpc) is 2.69. The number of rotatable bonds is 2. The maximum Gasteiger partial charge on any atom is 0.396 e. The van der Waals surface area contributed by atoms with Crippen LogP contribution in [0.5, 0.6) is 0 Å². The summed E-state index contributed by atoms with van der Waals surface area (Å²) < 4.78 is 4.26. The molecule has 0 radical (unpaired) electrons. The van der Waals surface area contributed by atoms with Crippen LogP contribution in [0, 0.1) is 0 Å². The van der Waals surface area contributed by atoms with E-state index >= 15 is 0 Å². The zero-order valence-corrected chi connectivity index (χ0v) is 8.63. The average molecular weight is 214 g/mol. The summed E-state index contributed by atoms with van der Waals surface area (Å²) in [5, 5.41) is 5.02. The van der Waals surface area contributed by atoms with E-state index in [9.17, 15) is 9.59 Å². The molecule has 1 atom stereocenters. The molecule has 0 spiro atoms. The van der Waals surface area contributed by atoms with Crippen LogP contribution in [0.3, 0.4) is 0 Å². The molecule has 6 heteroatoms. The quantitative estimate of drug-likeness (QED) is 0.574. The Morgan fingerprint density at radius 3 is 2.86 bits per heavy atom. The highest BCUT2D eigenvalue weighted by Gasteiger charge is 2.18. The minimum Gasteiger partial charge on any atom is -0.462 e. The van der Waals surface area contributed by atoms with E-state index < -0.39 is 11.9 Å². The van der Waals surface area contributed by atoms with Crippen LogP contribution in [0.4, 0.5) is 0 Å². The SMILES string of the molecule is COC(=O)C(=O)NC(C)c1nccs1. The number of carbonyl (C=O) groups is 2. The van der Waals surface area contributed by atoms with Crippen molar-refractivity contribution < 1.29 is 14.3 Å². The van der Waals surface area contributed by atoms with Crippen molar-refractivity contribution in [2.24, 2.45) is 0 Å². The lowest BCUT2D eigenvalue weighted by Gasteiger charge is -2.09. The number of carbonyl (C=O) groups excluding carboxylic acids is 2. The van der Waals surface area contributed by atoms with E-state index in [1.807, 2.05) is 0 Å². The largest absolute Gasteiger partial charge is 0.462 e. The van der Waals surface area contributed by atoms with E-state index in [0.29, 0.717) is 0 Å². The second kappa shape index (κ2) is 4.71. The van der Waals surface area contributed by atoms with Gasteiger partial charge in [-0.05, 0) is 6.92 Å². The van der Waals surface area contributed by atoms with Gasteiger partial charge >= 0.3 is 11.9 Å². The number of aromatic nitrogens is 1. The fourth-order valence-corrected chi connectivity index (χ4v) is 1.50. The Labute approximate surface area is 85.1 Å². The van der Waals surface area contributed by atoms with E-state index in [4.69, 9.17) is 0 Å². The van der Waals surface area contributed by atoms with Crippen LogP contribution in [-0.2, 0) is 14.3 Å². The number of esters is 1. The van der Waals surface area contributed by atoms with Crippen molar-refractivity contribution in [3.8, 4) is 0 Å². The summed E-state index contributed by atoms with van der Waals surface area (Å²) >= 11 is 1.41. The van der Waals surface area contributed by atoms with Gasteiger partial charge in [-0.3, -0.25) is 4.79 Å². The van der Waals surface area contributed by atoms with Crippen LogP contribution >= 0.6 is 11.3 Å². The standard InChI is InChI=1S/C8H10N2O3S/c1-5(7-9-3-4-14-7)10-6(11)8(12)13-2/h3-5H,1-2H3,(H,10,11). The van der Waals surface area contributed by atoms with Gasteiger partial charge in [-0.1, -0.05) is 0 Å². The number of hydrogen-bond donors (Lipinski definition) is 1. The van der Waals surface area contributed by atoms with Gasteiger partial charge in [0.05, 0.1) is 13.2 Å². The van der Waals surface area contributed by atoms with E-state index in [1.54, 1.807) is 18.5 Å². The second-order valence-corrected chi connectivity index (χ2v) is 3.48. The Morgan fingerprint density at radius 1 is 1.64 bits per heavy atom. The Balaban J connectivity index is 2.53. The molecule has 1 unspecified atom stereocenters. The highest BCUT2D eigenvalue weighted by Crippen LogP contribution is 2.14. The second-order valence-electron chi connectivity index (χ2n) is 2.56. The third kappa shape index (κ3) is 2.53. The Kier molecular flexibility index (Phi) is 3.58. The van der Waals surface area contributed by atoms with Crippen LogP contribution in [-0.4, -0.2) is 24.0 Å². The van der Waals surface area contributed by atoms with E-state index in [1.165, 1.54) is 11.3 Å². The predicted octanol–water partition coefficient (Wildman–Crippen LogP) is 0.493. The molecule has 0 aliphatic carbocycles. The number of methoxy groups -OCH3 is 1. The molecule has 0 aliphatic rings. The van der Waals surface area contributed by atoms with Gasteiger partial charge in [0.15, 0.2) is 0 Å². The fourth-order valence-electron chi connectivity index (χ4n) is 0.858. The maximum absolute atomic E-state index is 11.1. The molecule has 14 heavy (non-hydrogen) atoms. The predicted molar refractivity (Wildman–Crippen MR) is 50.7 cm³/mol. The number of nitrogens with one attached hydrogen (secondary N) is 1. The first kappa shape index (κ1) is 10.6. The van der Waals surface area contributed by atoms with E-state index in [0.717, 1.165) is 12.1 Å². The highest BCUT2D eigenvalue weighted by molar-refractivity contribution is 7.09. The topological polar surface area (TPSA) is 68.3 Å². The van der Waals surface area contributed by atoms with Gasteiger partial charge in [-0.2, -0.15) is 0 Å². The molecule has 1 aromatic heterocycles. The van der Waals surface area contributed by atoms with Crippen LogP contribution in [0.1, 0.15) is 18.0 Å². The lowest BCUT2D eigenvalue weighted by molar-refractivity contribution is -0.153. The third-order valence-corrected chi connectivity index (χ3v) is 2.50. The molecule has 1 N–H and O–H groups in total. The molecule has 0 saturated heterocycles. The molecule has 0 fully saturated rings. The molecule has 0 aliphatic heterocycles. The van der Waals surface area contributed by atoms with Crippen molar-refractivity contribution in [1.82, 2.24) is 10.3 Å². The highest BCUT2D eigenvalue weighted by atomic mass is 32.1. The first-order valence-electron chi connectivity index (χ1n) is 3.93. The lowest BCUT2D eigenvalue weighted by Crippen LogP contribution is -2.33. The number of amides is 1. The summed E-state index contributed by atoms with van der Waals surface area (Å²) in [6.45, 7) is 1.75. The molecular weight excluding hydrogens is 204 g/mol. The van der Waals surface area contributed by atoms with Crippen molar-refractivity contribution >= 4 is 23.2 Å². The smallest absolute Gasteiger partial charge is 0.396 e. The number of ether oxygens (including phenoxy) is 1. The zero-order valence-electron chi connectivity index (χ0n) is 7.81. The Bertz CT molecular complexity index is 323. The third-order valence-electron chi connectivity index (χ3n) is 1.54. The van der Waals surface area contributed by atoms with Crippen molar-refractivity contribution in [1.29, 1.82) is 0 Å². The van der Waals surface area contributed by atoms with Gasteiger partial charge in [0.2, 0.25) is 0 Å². The van der Waals surface area contributed by atoms with Crippen molar-refractivity contribution in [3.05, 3.63) is 16.6 Å². The molecule has 1 amide bonds. The first-order chi connectivity index (χ1) is 6.65. The molecule has 0 aromatic carbocycles. The number of hydrogen-bond acceptors (Lipinski definition) is 5. The maximum atomic E-state index is 11.1. The summed E-state index contributed by atoms with van der Waals surface area (Å²) in [4.78, 5) is 25.8. The normalized spacial score (nSPS) is 11.9. The minimum atomic E-state index is -0.895. The summed E-state index contributed by atoms with van der Waals surface area (Å²) in [6, 6.07) is -0.276. The first-order valence-corrected chi connectivity index (χ1v) is 4.81. The minimum absolute atomic E-state index is 0.276. The van der Waals surface area contributed by atoms with Crippen LogP contribution < -0.4 is 5.32 Å². The van der Waals surface area contributed by atoms with Gasteiger partial charge in [0, 0.05) is 11.6 Å². The molecule has 1 heterocycles. The summed E-state index contributed by atoms with van der Waals surface area (Å²) in [6.07, 6.45) is 1.64. The molecule has 1 aromatic rings. The molecular formula is C8H10N2O3S. The van der Waals surface area contributed by atoms with E-state index in [2.05, 4.69) is 15.0 Å². The lowest BCUT2D eigenvalue weighted by atomic mass is 10.3. The van der Waals surface area contributed by atoms with E-state index in [-0.39, 0.29) is 6.04 Å². The summed E-state index contributed by atoms with van der Waals surface area (Å²) in [5.41, 5.74) is 0. The molecule has 0 saturated carbocycles. The molecule has 76 valence electrons. The summed E-state index contributed by atoms with van der Waals surface area (Å²) in [5.74, 6) is -1.65. The van der Waals surface area contributed by atoms with Crippen LogP contribution in [0.25, 0.3) is 0 Å². The Hall–Kier alpha value is -1.43. The van der Waals surface area contributed by atoms with Crippen LogP contribution in [0.15, 0.2) is 11.6 Å². The van der Waals surface area contributed by atoms with Crippen molar-refractivity contribution in [3.63, 3.8) is 0 Å². The molecule has 1 rings (SSSR count). The fraction of sp³-hybridized carbons (Fsp3) is 0.375. The zero-order chi connectivity index (χ0) is 10.6. The van der Waals surface area contributed by atoms with Crippen LogP contribution in [0.2, 0.25) is 0 Å². The molecule has 5 nitrogen and oxygen atoms in total. The number of thiazole rings is 1. The molecule has 0 bridgehead atoms. The van der Waals surface area contributed by atoms with Crippen molar-refractivity contribution in [2.75, 3.05) is 7.11 Å². The summed E-state index contributed by atoms with van der Waals surface area (Å²) in [7, 11) is 1.16. The van der Waals surface area contributed by atoms with Gasteiger partial charge in [-0.15, -0.1) is 11.3 Å². The van der Waals surface area contributed by atoms with Crippen molar-refractivity contribution in [2.45, 2.75) is 13.0 Å². The van der Waals surface area contributed by atoms with Gasteiger partial charge < -0.3 is 10.1 Å². The number of nitrogens with zero attached hydrogens (tertiary/aromatic N) is 1. The monoisotopic (exact) mass is 214 g/mol. The van der Waals surface area contributed by atoms with Gasteiger partial charge in [0.1, 0.15) is 5.01 Å². The Morgan fingerprint density at radius 2 is 2.36 bits per heavy atom.